The number of aliphatic hydroxyl groups is 2. The molecule has 7 nitrogen and oxygen atoms in total. The number of hydrogen-bond acceptors (Lipinski definition) is 8. The molecule has 35 heavy (non-hydrogen) atoms. The highest BCUT2D eigenvalue weighted by Crippen LogP contribution is 2.72. The van der Waals surface area contributed by atoms with Crippen LogP contribution in [0.15, 0.2) is 16.7 Å². The molecular formula is C27H35N3O4S. The Bertz CT molecular complexity index is 1200. The normalized spacial score (nSPS) is 19.8. The molecule has 0 saturated heterocycles. The third-order valence-electron chi connectivity index (χ3n) is 7.80. The van der Waals surface area contributed by atoms with E-state index in [0.717, 1.165) is 46.1 Å². The van der Waals surface area contributed by atoms with Crippen molar-refractivity contribution in [3.05, 3.63) is 39.3 Å². The van der Waals surface area contributed by atoms with Gasteiger partial charge in [0, 0.05) is 10.4 Å². The third-order valence-corrected chi connectivity index (χ3v) is 8.95. The zero-order valence-electron chi connectivity index (χ0n) is 21.1. The lowest BCUT2D eigenvalue weighted by molar-refractivity contribution is 0.169. The van der Waals surface area contributed by atoms with E-state index in [1.807, 2.05) is 26.0 Å². The van der Waals surface area contributed by atoms with Gasteiger partial charge in [0.2, 0.25) is 5.82 Å². The zero-order valence-corrected chi connectivity index (χ0v) is 22.0. The van der Waals surface area contributed by atoms with Gasteiger partial charge in [-0.25, -0.2) is 0 Å². The van der Waals surface area contributed by atoms with Crippen molar-refractivity contribution in [3.8, 4) is 27.9 Å². The van der Waals surface area contributed by atoms with E-state index >= 15 is 0 Å². The Balaban J connectivity index is 1.28. The minimum absolute atomic E-state index is 0.0807. The first-order valence-corrected chi connectivity index (χ1v) is 13.2. The summed E-state index contributed by atoms with van der Waals surface area (Å²) in [6, 6.07) is 3.81. The van der Waals surface area contributed by atoms with Gasteiger partial charge in [0.1, 0.15) is 5.75 Å². The predicted octanol–water partition coefficient (Wildman–Crippen LogP) is 4.40. The summed E-state index contributed by atoms with van der Waals surface area (Å²) in [5, 5.41) is 25.7. The Labute approximate surface area is 210 Å². The van der Waals surface area contributed by atoms with Crippen LogP contribution in [-0.4, -0.2) is 52.8 Å². The Morgan fingerprint density at radius 3 is 2.60 bits per heavy atom. The minimum Gasteiger partial charge on any atom is -0.493 e. The van der Waals surface area contributed by atoms with E-state index in [9.17, 15) is 0 Å². The summed E-state index contributed by atoms with van der Waals surface area (Å²) in [5.41, 5.74) is 6.35. The first-order chi connectivity index (χ1) is 16.8. The first kappa shape index (κ1) is 24.4. The van der Waals surface area contributed by atoms with E-state index in [1.54, 1.807) is 11.3 Å². The molecule has 2 aromatic heterocycles. The van der Waals surface area contributed by atoms with E-state index in [-0.39, 0.29) is 19.3 Å². The van der Waals surface area contributed by atoms with Crippen molar-refractivity contribution in [1.82, 2.24) is 15.5 Å². The van der Waals surface area contributed by atoms with Crippen LogP contribution in [0.2, 0.25) is 0 Å². The topological polar surface area (TPSA) is 101 Å². The molecule has 1 saturated carbocycles. The summed E-state index contributed by atoms with van der Waals surface area (Å²) in [6.07, 6.45) is 1.89. The van der Waals surface area contributed by atoms with Crippen molar-refractivity contribution in [2.75, 3.05) is 26.4 Å². The SMILES string of the molecule is Cc1cc(-c2noc(-c3sc(C)c4c3C[C@@H]3[C@H]4C3(C)C)n2)cc(C)c1OCCCNC(CO)CO. The van der Waals surface area contributed by atoms with Gasteiger partial charge in [0.15, 0.2) is 0 Å². The number of ether oxygens (including phenoxy) is 1. The van der Waals surface area contributed by atoms with Gasteiger partial charge in [-0.05, 0) is 91.8 Å². The minimum atomic E-state index is -0.283. The fraction of sp³-hybridized carbons (Fsp3) is 0.556. The average molecular weight is 498 g/mol. The molecule has 3 aromatic rings. The predicted molar refractivity (Wildman–Crippen MR) is 137 cm³/mol. The molecule has 188 valence electrons. The molecule has 8 heteroatoms. The quantitative estimate of drug-likeness (QED) is 0.357. The van der Waals surface area contributed by atoms with Gasteiger partial charge in [-0.2, -0.15) is 4.98 Å². The molecule has 0 aliphatic heterocycles. The number of benzene rings is 1. The number of aromatic nitrogens is 2. The van der Waals surface area contributed by atoms with Gasteiger partial charge in [0.25, 0.3) is 5.89 Å². The largest absolute Gasteiger partial charge is 0.493 e. The lowest BCUT2D eigenvalue weighted by Gasteiger charge is -2.15. The Morgan fingerprint density at radius 1 is 1.20 bits per heavy atom. The lowest BCUT2D eigenvalue weighted by Crippen LogP contribution is -2.36. The van der Waals surface area contributed by atoms with Crippen LogP contribution in [0, 0.1) is 32.1 Å². The van der Waals surface area contributed by atoms with Crippen LogP contribution in [0.1, 0.15) is 53.3 Å². The Morgan fingerprint density at radius 2 is 1.91 bits per heavy atom. The van der Waals surface area contributed by atoms with Crippen LogP contribution < -0.4 is 10.1 Å². The fourth-order valence-electron chi connectivity index (χ4n) is 5.78. The van der Waals surface area contributed by atoms with Crippen molar-refractivity contribution in [2.24, 2.45) is 11.3 Å². The Kier molecular flexibility index (Phi) is 6.50. The standard InChI is InChI=1S/C27H35N3O4S/c1-14-9-17(10-15(2)23(14)33-8-6-7-28-18(12-31)13-32)25-29-26(34-30-25)24-19-11-20-22(27(20,4)5)21(19)16(3)35-24/h9-10,18,20,22,28,31-32H,6-8,11-13H2,1-5H3/t20-,22-/m1/s1. The summed E-state index contributed by atoms with van der Waals surface area (Å²) >= 11 is 1.79. The van der Waals surface area contributed by atoms with Crippen LogP contribution in [0.3, 0.4) is 0 Å². The van der Waals surface area contributed by atoms with Crippen LogP contribution in [0.5, 0.6) is 5.75 Å². The molecule has 0 unspecified atom stereocenters. The number of hydrogen-bond donors (Lipinski definition) is 3. The molecule has 1 fully saturated rings. The molecule has 0 spiro atoms. The molecule has 2 aliphatic rings. The molecule has 0 amide bonds. The maximum absolute atomic E-state index is 9.12. The maximum atomic E-state index is 9.12. The van der Waals surface area contributed by atoms with Crippen LogP contribution in [0.25, 0.3) is 22.2 Å². The molecular weight excluding hydrogens is 462 g/mol. The van der Waals surface area contributed by atoms with E-state index in [2.05, 4.69) is 31.2 Å². The molecule has 0 bridgehead atoms. The number of aliphatic hydroxyl groups excluding tert-OH is 2. The number of nitrogens with zero attached hydrogens (tertiary/aromatic N) is 2. The number of nitrogens with one attached hydrogen (secondary N) is 1. The van der Waals surface area contributed by atoms with Crippen molar-refractivity contribution >= 4 is 11.3 Å². The number of fused-ring (bicyclic) bond motifs is 3. The highest BCUT2D eigenvalue weighted by molar-refractivity contribution is 7.15. The van der Waals surface area contributed by atoms with Crippen molar-refractivity contribution < 1.29 is 19.5 Å². The van der Waals surface area contributed by atoms with Crippen molar-refractivity contribution in [2.45, 2.75) is 59.4 Å². The molecule has 1 aromatic carbocycles. The van der Waals surface area contributed by atoms with Crippen molar-refractivity contribution in [3.63, 3.8) is 0 Å². The van der Waals surface area contributed by atoms with Crippen molar-refractivity contribution in [1.29, 1.82) is 0 Å². The molecule has 3 N–H and O–H groups in total. The van der Waals surface area contributed by atoms with Gasteiger partial charge in [-0.15, -0.1) is 11.3 Å². The van der Waals surface area contributed by atoms with Gasteiger partial charge in [-0.3, -0.25) is 0 Å². The molecule has 2 heterocycles. The van der Waals surface area contributed by atoms with Crippen LogP contribution in [0.4, 0.5) is 0 Å². The molecule has 0 radical (unpaired) electrons. The van der Waals surface area contributed by atoms with E-state index in [4.69, 9.17) is 24.5 Å². The van der Waals surface area contributed by atoms with Gasteiger partial charge in [0.05, 0.1) is 30.7 Å². The molecule has 2 atom stereocenters. The van der Waals surface area contributed by atoms with Gasteiger partial charge < -0.3 is 24.8 Å². The Hall–Kier alpha value is -2.26. The summed E-state index contributed by atoms with van der Waals surface area (Å²) in [5.74, 6) is 3.53. The second-order valence-corrected chi connectivity index (χ2v) is 11.8. The summed E-state index contributed by atoms with van der Waals surface area (Å²) < 4.78 is 11.8. The fourth-order valence-corrected chi connectivity index (χ4v) is 6.94. The van der Waals surface area contributed by atoms with Gasteiger partial charge in [-0.1, -0.05) is 19.0 Å². The maximum Gasteiger partial charge on any atom is 0.268 e. The van der Waals surface area contributed by atoms with E-state index in [1.165, 1.54) is 16.0 Å². The number of rotatable bonds is 10. The highest BCUT2D eigenvalue weighted by Gasteiger charge is 2.63. The van der Waals surface area contributed by atoms with E-state index < -0.39 is 0 Å². The third kappa shape index (κ3) is 4.31. The first-order valence-electron chi connectivity index (χ1n) is 12.4. The number of thiophene rings is 1. The summed E-state index contributed by atoms with van der Waals surface area (Å²) in [6.45, 7) is 12.1. The second-order valence-electron chi connectivity index (χ2n) is 10.6. The number of aryl methyl sites for hydroxylation is 3. The summed E-state index contributed by atoms with van der Waals surface area (Å²) in [7, 11) is 0. The van der Waals surface area contributed by atoms with Crippen LogP contribution in [-0.2, 0) is 6.42 Å². The lowest BCUT2D eigenvalue weighted by atomic mass is 9.95. The average Bonchev–Trinajstić information content (AvgIpc) is 3.32. The smallest absolute Gasteiger partial charge is 0.268 e. The zero-order chi connectivity index (χ0) is 24.9. The molecule has 2 aliphatic carbocycles. The second kappa shape index (κ2) is 9.32. The van der Waals surface area contributed by atoms with Crippen LogP contribution >= 0.6 is 11.3 Å². The highest BCUT2D eigenvalue weighted by atomic mass is 32.1. The monoisotopic (exact) mass is 497 g/mol. The molecule has 5 rings (SSSR count). The summed E-state index contributed by atoms with van der Waals surface area (Å²) in [4.78, 5) is 7.32. The van der Waals surface area contributed by atoms with E-state index in [0.29, 0.717) is 36.2 Å². The van der Waals surface area contributed by atoms with Gasteiger partial charge >= 0.3 is 0 Å².